The fourth-order valence-corrected chi connectivity index (χ4v) is 2.34. The largest absolute Gasteiger partial charge is 0.494 e. The predicted octanol–water partition coefficient (Wildman–Crippen LogP) is 2.74. The van der Waals surface area contributed by atoms with Gasteiger partial charge in [-0.15, -0.1) is 0 Å². The van der Waals surface area contributed by atoms with Crippen molar-refractivity contribution in [3.05, 3.63) is 29.3 Å². The minimum Gasteiger partial charge on any atom is -0.494 e. The van der Waals surface area contributed by atoms with Crippen LogP contribution in [0.15, 0.2) is 18.2 Å². The van der Waals surface area contributed by atoms with Crippen molar-refractivity contribution in [3.63, 3.8) is 0 Å². The fourth-order valence-electron chi connectivity index (χ4n) is 2.34. The van der Waals surface area contributed by atoms with Gasteiger partial charge in [0.05, 0.1) is 12.6 Å². The monoisotopic (exact) mass is 292 g/mol. The highest BCUT2D eigenvalue weighted by atomic mass is 16.5. The van der Waals surface area contributed by atoms with E-state index in [9.17, 15) is 4.79 Å². The Labute approximate surface area is 128 Å². The number of nitrogens with two attached hydrogens (primary N) is 1. The van der Waals surface area contributed by atoms with E-state index in [0.29, 0.717) is 18.9 Å². The lowest BCUT2D eigenvalue weighted by molar-refractivity contribution is -0.120. The lowest BCUT2D eigenvalue weighted by Gasteiger charge is -2.16. The molecule has 4 nitrogen and oxygen atoms in total. The number of aryl methyl sites for hydroxylation is 1. The smallest absolute Gasteiger partial charge is 0.234 e. The summed E-state index contributed by atoms with van der Waals surface area (Å²) in [5.41, 5.74) is 7.95. The zero-order chi connectivity index (χ0) is 15.8. The summed E-state index contributed by atoms with van der Waals surface area (Å²) in [5.74, 6) is 1.03. The third kappa shape index (κ3) is 5.76. The quantitative estimate of drug-likeness (QED) is 0.735. The number of rotatable bonds is 9. The van der Waals surface area contributed by atoms with Crippen LogP contribution in [0.4, 0.5) is 0 Å². The van der Waals surface area contributed by atoms with Crippen LogP contribution >= 0.6 is 0 Å². The van der Waals surface area contributed by atoms with Crippen LogP contribution < -0.4 is 15.8 Å². The highest BCUT2D eigenvalue weighted by Gasteiger charge is 2.14. The number of amides is 1. The number of carbonyl (C=O) groups excluding carboxylic acids is 1. The van der Waals surface area contributed by atoms with Crippen molar-refractivity contribution in [2.75, 3.05) is 13.2 Å². The van der Waals surface area contributed by atoms with Gasteiger partial charge in [0.1, 0.15) is 5.75 Å². The van der Waals surface area contributed by atoms with E-state index in [-0.39, 0.29) is 11.9 Å². The second-order valence-electron chi connectivity index (χ2n) is 5.72. The first kappa shape index (κ1) is 17.5. The van der Waals surface area contributed by atoms with Gasteiger partial charge in [-0.2, -0.15) is 0 Å². The number of ether oxygens (including phenoxy) is 1. The Morgan fingerprint density at radius 1 is 1.38 bits per heavy atom. The summed E-state index contributed by atoms with van der Waals surface area (Å²) >= 11 is 0. The molecule has 1 rings (SSSR count). The van der Waals surface area contributed by atoms with Crippen LogP contribution in [0.3, 0.4) is 0 Å². The average Bonchev–Trinajstić information content (AvgIpc) is 2.41. The van der Waals surface area contributed by atoms with Crippen molar-refractivity contribution in [2.24, 2.45) is 5.73 Å². The molecule has 0 saturated carbocycles. The van der Waals surface area contributed by atoms with Gasteiger partial charge in [0.2, 0.25) is 5.91 Å². The third-order valence-corrected chi connectivity index (χ3v) is 3.52. The normalized spacial score (nSPS) is 12.4. The van der Waals surface area contributed by atoms with Crippen LogP contribution in [0.5, 0.6) is 5.75 Å². The van der Waals surface area contributed by atoms with E-state index in [4.69, 9.17) is 10.5 Å². The number of benzene rings is 1. The molecule has 0 spiro atoms. The molecule has 118 valence electrons. The lowest BCUT2D eigenvalue weighted by Crippen LogP contribution is -2.42. The van der Waals surface area contributed by atoms with Crippen molar-refractivity contribution >= 4 is 5.91 Å². The first-order chi connectivity index (χ1) is 9.95. The van der Waals surface area contributed by atoms with Gasteiger partial charge in [0, 0.05) is 6.42 Å². The number of hydrogen-bond donors (Lipinski definition) is 2. The van der Waals surface area contributed by atoms with Crippen LogP contribution in [-0.2, 0) is 4.79 Å². The second kappa shape index (κ2) is 8.67. The molecule has 0 saturated heterocycles. The zero-order valence-corrected chi connectivity index (χ0v) is 13.6. The van der Waals surface area contributed by atoms with Gasteiger partial charge in [0.25, 0.3) is 0 Å². The van der Waals surface area contributed by atoms with Crippen molar-refractivity contribution in [1.29, 1.82) is 0 Å². The van der Waals surface area contributed by atoms with Gasteiger partial charge in [0.15, 0.2) is 0 Å². The molecule has 3 N–H and O–H groups in total. The highest BCUT2D eigenvalue weighted by molar-refractivity contribution is 5.79. The van der Waals surface area contributed by atoms with Crippen molar-refractivity contribution in [3.8, 4) is 5.75 Å². The summed E-state index contributed by atoms with van der Waals surface area (Å²) in [7, 11) is 0. The summed E-state index contributed by atoms with van der Waals surface area (Å²) in [6, 6.07) is 5.83. The number of nitrogens with one attached hydrogen (secondary N) is 1. The molecule has 0 heterocycles. The molecule has 0 radical (unpaired) electrons. The van der Waals surface area contributed by atoms with E-state index < -0.39 is 0 Å². The van der Waals surface area contributed by atoms with E-state index in [1.165, 1.54) is 11.1 Å². The van der Waals surface area contributed by atoms with Crippen molar-refractivity contribution in [2.45, 2.75) is 52.5 Å². The second-order valence-corrected chi connectivity index (χ2v) is 5.72. The van der Waals surface area contributed by atoms with Gasteiger partial charge in [-0.3, -0.25) is 4.79 Å². The van der Waals surface area contributed by atoms with Gasteiger partial charge in [-0.05, 0) is 49.1 Å². The van der Waals surface area contributed by atoms with Crippen LogP contribution in [-0.4, -0.2) is 25.1 Å². The Morgan fingerprint density at radius 2 is 2.10 bits per heavy atom. The summed E-state index contributed by atoms with van der Waals surface area (Å²) in [4.78, 5) is 11.3. The Balaban J connectivity index is 2.51. The Bertz CT molecular complexity index is 458. The predicted molar refractivity (Wildman–Crippen MR) is 86.7 cm³/mol. The molecule has 0 aliphatic carbocycles. The zero-order valence-electron chi connectivity index (χ0n) is 13.6. The minimum absolute atomic E-state index is 0.319. The van der Waals surface area contributed by atoms with Gasteiger partial charge in [-0.25, -0.2) is 0 Å². The van der Waals surface area contributed by atoms with E-state index >= 15 is 0 Å². The van der Waals surface area contributed by atoms with Gasteiger partial charge in [-0.1, -0.05) is 26.8 Å². The maximum absolute atomic E-state index is 11.3. The number of primary amides is 1. The first-order valence-electron chi connectivity index (χ1n) is 7.71. The lowest BCUT2D eigenvalue weighted by atomic mass is 9.98. The van der Waals surface area contributed by atoms with E-state index in [1.54, 1.807) is 0 Å². The summed E-state index contributed by atoms with van der Waals surface area (Å²) in [5, 5.41) is 3.14. The topological polar surface area (TPSA) is 64.3 Å². The van der Waals surface area contributed by atoms with Crippen molar-refractivity contribution < 1.29 is 9.53 Å². The molecule has 1 aromatic rings. The molecule has 0 aliphatic heterocycles. The molecule has 1 aromatic carbocycles. The van der Waals surface area contributed by atoms with Crippen molar-refractivity contribution in [1.82, 2.24) is 5.32 Å². The Hall–Kier alpha value is -1.55. The molecule has 1 unspecified atom stereocenters. The SMILES string of the molecule is CCCNC(CCOc1ccc(C(C)C)c(C)c1)C(N)=O. The molecule has 1 atom stereocenters. The summed E-state index contributed by atoms with van der Waals surface area (Å²) < 4.78 is 5.73. The van der Waals surface area contributed by atoms with Crippen LogP contribution in [0.25, 0.3) is 0 Å². The molecule has 0 bridgehead atoms. The van der Waals surface area contributed by atoms with Crippen LogP contribution in [0.1, 0.15) is 50.7 Å². The maximum Gasteiger partial charge on any atom is 0.234 e. The van der Waals surface area contributed by atoms with E-state index in [0.717, 1.165) is 18.7 Å². The standard InChI is InChI=1S/C17H28N2O2/c1-5-9-19-16(17(18)20)8-10-21-14-6-7-15(12(2)3)13(4)11-14/h6-7,11-12,16,19H,5,8-10H2,1-4H3,(H2,18,20). The minimum atomic E-state index is -0.321. The molecule has 0 aromatic heterocycles. The van der Waals surface area contributed by atoms with E-state index in [2.05, 4.69) is 39.1 Å². The van der Waals surface area contributed by atoms with Crippen LogP contribution in [0.2, 0.25) is 0 Å². The summed E-state index contributed by atoms with van der Waals surface area (Å²) in [6.45, 7) is 9.78. The highest BCUT2D eigenvalue weighted by Crippen LogP contribution is 2.23. The van der Waals surface area contributed by atoms with Gasteiger partial charge < -0.3 is 15.8 Å². The number of hydrogen-bond acceptors (Lipinski definition) is 3. The molecule has 0 fully saturated rings. The Morgan fingerprint density at radius 3 is 2.62 bits per heavy atom. The summed E-state index contributed by atoms with van der Waals surface area (Å²) in [6.07, 6.45) is 1.56. The molecule has 1 amide bonds. The molecular formula is C17H28N2O2. The Kier molecular flexibility index (Phi) is 7.23. The van der Waals surface area contributed by atoms with Crippen LogP contribution in [0, 0.1) is 6.92 Å². The third-order valence-electron chi connectivity index (χ3n) is 3.52. The molecule has 0 aliphatic rings. The first-order valence-corrected chi connectivity index (χ1v) is 7.71. The average molecular weight is 292 g/mol. The maximum atomic E-state index is 11.3. The molecule has 21 heavy (non-hydrogen) atoms. The molecule has 4 heteroatoms. The fraction of sp³-hybridized carbons (Fsp3) is 0.588. The van der Waals surface area contributed by atoms with E-state index in [1.807, 2.05) is 12.1 Å². The number of carbonyl (C=O) groups is 1. The molecular weight excluding hydrogens is 264 g/mol. The van der Waals surface area contributed by atoms with Gasteiger partial charge >= 0.3 is 0 Å².